The minimum atomic E-state index is 0. The van der Waals surface area contributed by atoms with E-state index in [1.807, 2.05) is 0 Å². The molecule has 0 aliphatic heterocycles. The van der Waals surface area contributed by atoms with E-state index < -0.39 is 0 Å². The molecule has 0 radical (unpaired) electrons. The van der Waals surface area contributed by atoms with Crippen molar-refractivity contribution in [3.63, 3.8) is 0 Å². The molecular formula is C32H62FeP2. The van der Waals surface area contributed by atoms with Gasteiger partial charge < -0.3 is 0 Å². The quantitative estimate of drug-likeness (QED) is 0.230. The summed E-state index contributed by atoms with van der Waals surface area (Å²) in [6.45, 7) is 18.0. The molecule has 0 aromatic carbocycles. The van der Waals surface area contributed by atoms with Gasteiger partial charge in [-0.1, -0.05) is 141 Å². The molecule has 3 heteroatoms. The van der Waals surface area contributed by atoms with Gasteiger partial charge in [0, 0.05) is 17.1 Å². The topological polar surface area (TPSA) is 0 Å². The van der Waals surface area contributed by atoms with Crippen molar-refractivity contribution in [1.29, 1.82) is 0 Å². The first-order valence-corrected chi connectivity index (χ1v) is 18.6. The molecule has 4 aliphatic carbocycles. The smallest absolute Gasteiger partial charge is 0 e. The molecule has 35 heavy (non-hydrogen) atoms. The Kier molecular flexibility index (Phi) is 14.2. The molecule has 0 N–H and O–H groups in total. The molecule has 0 aromatic rings. The van der Waals surface area contributed by atoms with E-state index >= 15 is 0 Å². The Morgan fingerprint density at radius 3 is 1.26 bits per heavy atom. The zero-order valence-electron chi connectivity index (χ0n) is 24.9. The van der Waals surface area contributed by atoms with Gasteiger partial charge in [0.15, 0.2) is 0 Å². The summed E-state index contributed by atoms with van der Waals surface area (Å²) in [4.78, 5) is 0. The first kappa shape index (κ1) is 32.6. The van der Waals surface area contributed by atoms with Crippen LogP contribution in [0.1, 0.15) is 164 Å². The van der Waals surface area contributed by atoms with Gasteiger partial charge in [-0.15, -0.1) is 0 Å². The molecule has 4 aliphatic rings. The van der Waals surface area contributed by atoms with E-state index in [1.165, 1.54) is 51.4 Å². The van der Waals surface area contributed by atoms with Gasteiger partial charge >= 0.3 is 0 Å². The van der Waals surface area contributed by atoms with Gasteiger partial charge in [0.05, 0.1) is 0 Å². The molecule has 4 fully saturated rings. The van der Waals surface area contributed by atoms with Crippen LogP contribution in [0.3, 0.4) is 0 Å². The van der Waals surface area contributed by atoms with Gasteiger partial charge in [-0.05, 0) is 77.4 Å². The zero-order valence-corrected chi connectivity index (χ0v) is 27.8. The maximum Gasteiger partial charge on any atom is 0 e. The van der Waals surface area contributed by atoms with Crippen molar-refractivity contribution in [2.45, 2.75) is 197 Å². The van der Waals surface area contributed by atoms with Crippen LogP contribution >= 0.6 is 15.8 Å². The Hall–Kier alpha value is 1.38. The maximum atomic E-state index is 2.71. The largest absolute Gasteiger partial charge is 0.0968 e. The van der Waals surface area contributed by atoms with Crippen molar-refractivity contribution >= 4 is 15.8 Å². The SMILES string of the molecule is C1CCCC1.C[C@@H](C1CCCC1P(C1CCCCC1)C1CCCCC1)P(C(C)(C)C)C(C)(C)C.[Fe]. The van der Waals surface area contributed by atoms with Gasteiger partial charge in [-0.3, -0.25) is 0 Å². The average molecular weight is 565 g/mol. The summed E-state index contributed by atoms with van der Waals surface area (Å²) in [6, 6.07) is 0. The van der Waals surface area contributed by atoms with Crippen LogP contribution in [0.4, 0.5) is 0 Å². The van der Waals surface area contributed by atoms with E-state index in [1.54, 1.807) is 64.2 Å². The predicted octanol–water partition coefficient (Wildman–Crippen LogP) is 11.7. The van der Waals surface area contributed by atoms with Gasteiger partial charge in [0.25, 0.3) is 0 Å². The second-order valence-electron chi connectivity index (χ2n) is 14.4. The molecule has 4 rings (SSSR count). The Bertz CT molecular complexity index is 521. The van der Waals surface area contributed by atoms with Crippen molar-refractivity contribution in [1.82, 2.24) is 0 Å². The zero-order chi connectivity index (χ0) is 24.8. The Labute approximate surface area is 235 Å². The third-order valence-electron chi connectivity index (χ3n) is 9.63. The second kappa shape index (κ2) is 15.2. The van der Waals surface area contributed by atoms with Crippen LogP contribution in [0, 0.1) is 5.92 Å². The summed E-state index contributed by atoms with van der Waals surface area (Å²) >= 11 is 0. The van der Waals surface area contributed by atoms with Crippen molar-refractivity contribution in [3.05, 3.63) is 0 Å². The fourth-order valence-electron chi connectivity index (χ4n) is 8.80. The molecule has 0 heterocycles. The van der Waals surface area contributed by atoms with Gasteiger partial charge in [0.1, 0.15) is 0 Å². The Balaban J connectivity index is 0.000000640. The molecule has 0 aromatic heterocycles. The van der Waals surface area contributed by atoms with Crippen LogP contribution < -0.4 is 0 Å². The third-order valence-corrected chi connectivity index (χ3v) is 17.8. The normalized spacial score (nSPS) is 28.0. The Morgan fingerprint density at radius 1 is 0.514 bits per heavy atom. The molecule has 0 nitrogen and oxygen atoms in total. The minimum Gasteiger partial charge on any atom is -0.0968 e. The fourth-order valence-corrected chi connectivity index (χ4v) is 19.1. The molecule has 208 valence electrons. The molecule has 0 amide bonds. The summed E-state index contributed by atoms with van der Waals surface area (Å²) < 4.78 is 0. The third kappa shape index (κ3) is 9.51. The first-order chi connectivity index (χ1) is 16.1. The van der Waals surface area contributed by atoms with Crippen LogP contribution in [0.5, 0.6) is 0 Å². The van der Waals surface area contributed by atoms with Crippen LogP contribution in [-0.2, 0) is 17.1 Å². The molecule has 4 saturated carbocycles. The van der Waals surface area contributed by atoms with Crippen LogP contribution in [0.2, 0.25) is 0 Å². The predicted molar refractivity (Wildman–Crippen MR) is 161 cm³/mol. The van der Waals surface area contributed by atoms with Gasteiger partial charge in [-0.2, -0.15) is 0 Å². The number of hydrogen-bond acceptors (Lipinski definition) is 0. The molecule has 0 spiro atoms. The number of rotatable bonds is 5. The molecular weight excluding hydrogens is 502 g/mol. The van der Waals surface area contributed by atoms with Gasteiger partial charge in [-0.25, -0.2) is 0 Å². The fraction of sp³-hybridized carbons (Fsp3) is 1.00. The van der Waals surface area contributed by atoms with Crippen LogP contribution in [0.25, 0.3) is 0 Å². The summed E-state index contributed by atoms with van der Waals surface area (Å²) in [5.41, 5.74) is 4.32. The maximum absolute atomic E-state index is 2.71. The van der Waals surface area contributed by atoms with E-state index in [-0.39, 0.29) is 32.9 Å². The van der Waals surface area contributed by atoms with E-state index in [2.05, 4.69) is 48.5 Å². The molecule has 0 saturated heterocycles. The number of hydrogen-bond donors (Lipinski definition) is 0. The summed E-state index contributed by atoms with van der Waals surface area (Å²) in [7, 11) is 0.253. The van der Waals surface area contributed by atoms with Crippen molar-refractivity contribution in [2.24, 2.45) is 5.92 Å². The van der Waals surface area contributed by atoms with E-state index in [9.17, 15) is 0 Å². The van der Waals surface area contributed by atoms with Crippen LogP contribution in [0.15, 0.2) is 0 Å². The van der Waals surface area contributed by atoms with Crippen LogP contribution in [-0.4, -0.2) is 32.9 Å². The second-order valence-corrected chi connectivity index (χ2v) is 21.7. The average Bonchev–Trinajstić information content (AvgIpc) is 3.49. The molecule has 2 unspecified atom stereocenters. The van der Waals surface area contributed by atoms with E-state index in [0.29, 0.717) is 10.3 Å². The minimum absolute atomic E-state index is 0. The van der Waals surface area contributed by atoms with Gasteiger partial charge in [0.2, 0.25) is 0 Å². The standard InChI is InChI=1S/C27H52P2.C5H10.Fe/c1-21(29(26(2,3)4)27(5,6)7)24-19-14-20-25(24)28(22-15-10-8-11-16-22)23-17-12-9-13-18-23;1-2-4-5-3-1;/h21-25H,8-20H2,1-7H3;1-5H2;/t21-,24?,25?;;/m0../s1. The van der Waals surface area contributed by atoms with E-state index in [0.717, 1.165) is 28.6 Å². The summed E-state index contributed by atoms with van der Waals surface area (Å²) in [5.74, 6) is 1.04. The van der Waals surface area contributed by atoms with E-state index in [4.69, 9.17) is 0 Å². The summed E-state index contributed by atoms with van der Waals surface area (Å²) in [5, 5.41) is 0.942. The molecule has 3 atom stereocenters. The van der Waals surface area contributed by atoms with Crippen molar-refractivity contribution in [3.8, 4) is 0 Å². The first-order valence-electron chi connectivity index (χ1n) is 15.7. The van der Waals surface area contributed by atoms with Crippen molar-refractivity contribution < 1.29 is 17.1 Å². The van der Waals surface area contributed by atoms with Crippen molar-refractivity contribution in [2.75, 3.05) is 0 Å². The summed E-state index contributed by atoms with van der Waals surface area (Å²) in [6.07, 6.45) is 27.7. The molecule has 0 bridgehead atoms. The monoisotopic (exact) mass is 564 g/mol. The Morgan fingerprint density at radius 2 is 0.886 bits per heavy atom.